The van der Waals surface area contributed by atoms with Gasteiger partial charge in [-0.05, 0) is 116 Å². The molecular weight excluding hydrogens is 668 g/mol. The van der Waals surface area contributed by atoms with E-state index in [0.29, 0.717) is 10.8 Å². The normalized spacial score (nSPS) is 20.2. The topological polar surface area (TPSA) is 0 Å². The van der Waals surface area contributed by atoms with E-state index >= 15 is 0 Å². The number of nitrogens with zero attached hydrogens (tertiary/aromatic N) is 2. The van der Waals surface area contributed by atoms with Crippen LogP contribution < -0.4 is 34.0 Å². The highest BCUT2D eigenvalue weighted by atomic mass is 79.9. The Morgan fingerprint density at radius 2 is 0.841 bits per heavy atom. The molecule has 2 aliphatic rings. The van der Waals surface area contributed by atoms with Crippen LogP contribution in [0.3, 0.4) is 0 Å². The zero-order valence-electron chi connectivity index (χ0n) is 31.9. The van der Waals surface area contributed by atoms with Gasteiger partial charge in [0, 0.05) is 12.8 Å². The number of unbranched alkanes of at least 4 members (excludes halogenated alkanes) is 7. The number of halogens is 2. The largest absolute Gasteiger partial charge is 1.00 e. The second-order valence-electron chi connectivity index (χ2n) is 17.6. The lowest BCUT2D eigenvalue weighted by Gasteiger charge is -2.39. The molecule has 0 N–H and O–H groups in total. The van der Waals surface area contributed by atoms with Gasteiger partial charge in [0.15, 0.2) is 0 Å². The smallest absolute Gasteiger partial charge is 0.0860 e. The van der Waals surface area contributed by atoms with Crippen molar-refractivity contribution in [3.8, 4) is 0 Å². The summed E-state index contributed by atoms with van der Waals surface area (Å²) in [5.74, 6) is 0. The van der Waals surface area contributed by atoms with Crippen molar-refractivity contribution in [3.05, 3.63) is 22.3 Å². The van der Waals surface area contributed by atoms with Crippen LogP contribution in [0.15, 0.2) is 22.3 Å². The Morgan fingerprint density at radius 1 is 0.545 bits per heavy atom. The summed E-state index contributed by atoms with van der Waals surface area (Å²) in [5, 5.41) is 0. The first-order valence-corrected chi connectivity index (χ1v) is 18.5. The van der Waals surface area contributed by atoms with E-state index in [-0.39, 0.29) is 34.0 Å². The van der Waals surface area contributed by atoms with Crippen LogP contribution in [0.5, 0.6) is 0 Å². The van der Waals surface area contributed by atoms with Crippen LogP contribution in [-0.4, -0.2) is 62.3 Å². The van der Waals surface area contributed by atoms with Crippen molar-refractivity contribution in [2.75, 3.05) is 41.3 Å². The van der Waals surface area contributed by atoms with E-state index in [1.54, 1.807) is 22.3 Å². The van der Waals surface area contributed by atoms with E-state index in [1.807, 2.05) is 0 Å². The highest BCUT2D eigenvalue weighted by Gasteiger charge is 2.32. The lowest BCUT2D eigenvalue weighted by Crippen LogP contribution is -3.00. The summed E-state index contributed by atoms with van der Waals surface area (Å²) >= 11 is 0. The van der Waals surface area contributed by atoms with Gasteiger partial charge < -0.3 is 42.9 Å². The molecule has 0 saturated heterocycles. The Labute approximate surface area is 299 Å². The number of rotatable bonds is 19. The molecule has 2 unspecified atom stereocenters. The molecule has 2 rings (SSSR count). The maximum Gasteiger partial charge on any atom is 0.0860 e. The third-order valence-electron chi connectivity index (χ3n) is 12.6. The molecule has 0 bridgehead atoms. The van der Waals surface area contributed by atoms with Gasteiger partial charge in [-0.25, -0.2) is 0 Å². The zero-order chi connectivity index (χ0) is 31.6. The molecular formula is C40H78Br2N2. The first-order valence-electron chi connectivity index (χ1n) is 18.5. The third-order valence-corrected chi connectivity index (χ3v) is 12.6. The van der Waals surface area contributed by atoms with E-state index < -0.39 is 0 Å². The van der Waals surface area contributed by atoms with Crippen LogP contribution in [0.1, 0.15) is 171 Å². The maximum atomic E-state index is 2.50. The summed E-state index contributed by atoms with van der Waals surface area (Å²) in [6, 6.07) is 1.49. The second-order valence-corrected chi connectivity index (χ2v) is 17.6. The lowest BCUT2D eigenvalue weighted by atomic mass is 9.71. The van der Waals surface area contributed by atoms with Crippen LogP contribution in [-0.2, 0) is 0 Å². The Balaban J connectivity index is 0.00000924. The molecule has 2 atom stereocenters. The fourth-order valence-corrected chi connectivity index (χ4v) is 8.40. The van der Waals surface area contributed by atoms with Crippen molar-refractivity contribution < 1.29 is 42.9 Å². The molecule has 0 aromatic carbocycles. The molecule has 0 aromatic heterocycles. The van der Waals surface area contributed by atoms with Crippen molar-refractivity contribution in [1.29, 1.82) is 0 Å². The minimum atomic E-state index is 0. The highest BCUT2D eigenvalue weighted by Crippen LogP contribution is 2.43. The van der Waals surface area contributed by atoms with Crippen LogP contribution in [0.2, 0.25) is 0 Å². The molecule has 0 heterocycles. The molecule has 0 radical (unpaired) electrons. The Kier molecular flexibility index (Phi) is 20.2. The van der Waals surface area contributed by atoms with Crippen molar-refractivity contribution in [2.24, 2.45) is 10.8 Å². The molecule has 0 saturated carbocycles. The molecule has 0 amide bonds. The minimum absolute atomic E-state index is 0. The van der Waals surface area contributed by atoms with Gasteiger partial charge in [0.1, 0.15) is 0 Å². The summed E-state index contributed by atoms with van der Waals surface area (Å²) in [7, 11) is 9.92. The van der Waals surface area contributed by atoms with Crippen molar-refractivity contribution >= 4 is 0 Å². The number of hydrogen-bond donors (Lipinski definition) is 0. The molecule has 0 aromatic rings. The molecule has 4 heteroatoms. The van der Waals surface area contributed by atoms with Gasteiger partial charge in [0.05, 0.1) is 53.4 Å². The maximum absolute atomic E-state index is 2.50. The molecule has 0 fully saturated rings. The Morgan fingerprint density at radius 3 is 1.14 bits per heavy atom. The second kappa shape index (κ2) is 20.0. The standard InChI is InChI=1S/C40H78N2.2BrH/c1-33-23-21-29-39(5,6)37(33)27-25-35(3)41(9,10)31-19-17-15-13-14-16-18-20-32-42(11,12)36(4)26-28-38-34(2)24-22-30-40(38,7)8;;/h35-36H,13-32H2,1-12H3;2*1H/q+2;;/p-2. The Hall–Kier alpha value is 0.360. The molecule has 0 spiro atoms. The fraction of sp³-hybridized carbons (Fsp3) is 0.900. The van der Waals surface area contributed by atoms with Crippen molar-refractivity contribution in [1.82, 2.24) is 0 Å². The van der Waals surface area contributed by atoms with E-state index in [0.717, 1.165) is 12.1 Å². The van der Waals surface area contributed by atoms with Gasteiger partial charge >= 0.3 is 0 Å². The molecule has 2 aliphatic carbocycles. The van der Waals surface area contributed by atoms with E-state index in [9.17, 15) is 0 Å². The van der Waals surface area contributed by atoms with Crippen LogP contribution in [0.4, 0.5) is 0 Å². The molecule has 2 nitrogen and oxygen atoms in total. The van der Waals surface area contributed by atoms with Gasteiger partial charge in [-0.1, -0.05) is 75.7 Å². The average Bonchev–Trinajstić information content (AvgIpc) is 2.88. The molecule has 262 valence electrons. The summed E-state index contributed by atoms with van der Waals surface area (Å²) in [4.78, 5) is 0. The SMILES string of the molecule is CC1=C(CCC(C)[N+](C)(C)CCCCCCCCCC[N+](C)(C)C(C)CCC2=C(C)CCCC2(C)C)C(C)(C)CCC1.[Br-].[Br-]. The first-order chi connectivity index (χ1) is 19.5. The van der Waals surface area contributed by atoms with Crippen LogP contribution >= 0.6 is 0 Å². The minimum Gasteiger partial charge on any atom is -1.00 e. The summed E-state index contributed by atoms with van der Waals surface area (Å²) in [5.41, 5.74) is 7.81. The average molecular weight is 747 g/mol. The fourth-order valence-electron chi connectivity index (χ4n) is 8.40. The van der Waals surface area contributed by atoms with Gasteiger partial charge in [-0.3, -0.25) is 0 Å². The number of quaternary nitrogens is 2. The van der Waals surface area contributed by atoms with E-state index in [4.69, 9.17) is 0 Å². The predicted octanol–water partition coefficient (Wildman–Crippen LogP) is 5.66. The van der Waals surface area contributed by atoms with Crippen LogP contribution in [0, 0.1) is 10.8 Å². The van der Waals surface area contributed by atoms with Crippen molar-refractivity contribution in [3.63, 3.8) is 0 Å². The zero-order valence-corrected chi connectivity index (χ0v) is 35.1. The first kappa shape index (κ1) is 44.4. The summed E-state index contributed by atoms with van der Waals surface area (Å²) < 4.78 is 2.38. The van der Waals surface area contributed by atoms with Gasteiger partial charge in [0.25, 0.3) is 0 Å². The van der Waals surface area contributed by atoms with Crippen molar-refractivity contribution in [2.45, 2.75) is 183 Å². The molecule has 44 heavy (non-hydrogen) atoms. The van der Waals surface area contributed by atoms with Gasteiger partial charge in [-0.2, -0.15) is 0 Å². The Bertz CT molecular complexity index is 808. The van der Waals surface area contributed by atoms with Crippen LogP contribution in [0.25, 0.3) is 0 Å². The molecule has 0 aliphatic heterocycles. The summed E-state index contributed by atoms with van der Waals surface area (Å²) in [6.07, 6.45) is 24.8. The van der Waals surface area contributed by atoms with Gasteiger partial charge in [0.2, 0.25) is 0 Å². The monoisotopic (exact) mass is 744 g/mol. The predicted molar refractivity (Wildman–Crippen MR) is 189 cm³/mol. The number of hydrogen-bond acceptors (Lipinski definition) is 0. The third kappa shape index (κ3) is 14.2. The van der Waals surface area contributed by atoms with E-state index in [1.165, 1.54) is 138 Å². The summed E-state index contributed by atoms with van der Waals surface area (Å²) in [6.45, 7) is 22.4. The van der Waals surface area contributed by atoms with E-state index in [2.05, 4.69) is 83.6 Å². The highest BCUT2D eigenvalue weighted by molar-refractivity contribution is 5.23. The quantitative estimate of drug-likeness (QED) is 0.0911. The number of allylic oxidation sites excluding steroid dienone is 4. The van der Waals surface area contributed by atoms with Gasteiger partial charge in [-0.15, -0.1) is 0 Å². The lowest BCUT2D eigenvalue weighted by molar-refractivity contribution is -0.913.